The van der Waals surface area contributed by atoms with Crippen LogP contribution in [0.1, 0.15) is 11.1 Å². The Hall–Kier alpha value is -2.87. The van der Waals surface area contributed by atoms with E-state index in [1.165, 1.54) is 12.1 Å². The van der Waals surface area contributed by atoms with Crippen LogP contribution in [0.3, 0.4) is 0 Å². The van der Waals surface area contributed by atoms with E-state index in [1.54, 1.807) is 12.1 Å². The molecule has 5 nitrogen and oxygen atoms in total. The Kier molecular flexibility index (Phi) is 4.45. The molecule has 1 fully saturated rings. The molecular formula is C17H11F2NO4S. The third kappa shape index (κ3) is 3.34. The second-order valence-corrected chi connectivity index (χ2v) is 6.23. The summed E-state index contributed by atoms with van der Waals surface area (Å²) in [6.07, 6.45) is 0.901. The Balaban J connectivity index is 1.90. The van der Waals surface area contributed by atoms with Gasteiger partial charge in [0.2, 0.25) is 0 Å². The minimum absolute atomic E-state index is 0.0103. The SMILES string of the molecule is O=C1S/C(=C\c2c(F)ccc(O)c2F)C(=O)N1Cc1cccc(O)c1. The molecule has 2 N–H and O–H groups in total. The van der Waals surface area contributed by atoms with Gasteiger partial charge in [-0.1, -0.05) is 12.1 Å². The monoisotopic (exact) mass is 363 g/mol. The molecule has 0 aromatic heterocycles. The number of amides is 2. The summed E-state index contributed by atoms with van der Waals surface area (Å²) in [5, 5.41) is 18.2. The van der Waals surface area contributed by atoms with Crippen molar-refractivity contribution in [1.29, 1.82) is 0 Å². The number of rotatable bonds is 3. The highest BCUT2D eigenvalue weighted by Crippen LogP contribution is 2.35. The van der Waals surface area contributed by atoms with Gasteiger partial charge < -0.3 is 10.2 Å². The molecular weight excluding hydrogens is 352 g/mol. The predicted molar refractivity (Wildman–Crippen MR) is 87.6 cm³/mol. The van der Waals surface area contributed by atoms with Gasteiger partial charge in [-0.2, -0.15) is 0 Å². The highest BCUT2D eigenvalue weighted by molar-refractivity contribution is 8.18. The number of hydrogen-bond donors (Lipinski definition) is 2. The lowest BCUT2D eigenvalue weighted by molar-refractivity contribution is -0.123. The van der Waals surface area contributed by atoms with Crippen LogP contribution in [0.15, 0.2) is 41.3 Å². The predicted octanol–water partition coefficient (Wildman–Crippen LogP) is 3.61. The van der Waals surface area contributed by atoms with Gasteiger partial charge in [-0.3, -0.25) is 14.5 Å². The lowest BCUT2D eigenvalue weighted by Gasteiger charge is -2.12. The third-order valence-electron chi connectivity index (χ3n) is 3.51. The molecule has 8 heteroatoms. The van der Waals surface area contributed by atoms with Gasteiger partial charge in [0.05, 0.1) is 17.0 Å². The van der Waals surface area contributed by atoms with Gasteiger partial charge in [-0.15, -0.1) is 0 Å². The van der Waals surface area contributed by atoms with Crippen molar-refractivity contribution in [2.24, 2.45) is 0 Å². The topological polar surface area (TPSA) is 77.8 Å². The van der Waals surface area contributed by atoms with Gasteiger partial charge in [0, 0.05) is 0 Å². The second kappa shape index (κ2) is 6.56. The van der Waals surface area contributed by atoms with Crippen molar-refractivity contribution >= 4 is 29.0 Å². The maximum atomic E-state index is 13.8. The fraction of sp³-hybridized carbons (Fsp3) is 0.0588. The third-order valence-corrected chi connectivity index (χ3v) is 4.41. The average molecular weight is 363 g/mol. The second-order valence-electron chi connectivity index (χ2n) is 5.23. The minimum atomic E-state index is -1.21. The molecule has 2 aromatic rings. The standard InChI is InChI=1S/C17H11F2NO4S/c18-12-4-5-13(22)15(19)11(12)7-14-16(23)20(17(24)25-14)8-9-2-1-3-10(21)6-9/h1-7,21-22H,8H2/b14-7-. The van der Waals surface area contributed by atoms with Crippen LogP contribution >= 0.6 is 11.8 Å². The highest BCUT2D eigenvalue weighted by atomic mass is 32.2. The number of carbonyl (C=O) groups is 2. The molecule has 0 bridgehead atoms. The Morgan fingerprint density at radius 3 is 2.60 bits per heavy atom. The number of carbonyl (C=O) groups excluding carboxylic acids is 2. The van der Waals surface area contributed by atoms with Crippen LogP contribution in [0.25, 0.3) is 6.08 Å². The maximum Gasteiger partial charge on any atom is 0.293 e. The first-order chi connectivity index (χ1) is 11.9. The maximum absolute atomic E-state index is 13.8. The van der Waals surface area contributed by atoms with E-state index in [0.717, 1.165) is 23.1 Å². The Labute approximate surface area is 145 Å². The van der Waals surface area contributed by atoms with E-state index in [-0.39, 0.29) is 17.2 Å². The van der Waals surface area contributed by atoms with Crippen LogP contribution in [-0.4, -0.2) is 26.3 Å². The number of halogens is 2. The van der Waals surface area contributed by atoms with Crippen LogP contribution in [0.4, 0.5) is 13.6 Å². The van der Waals surface area contributed by atoms with Crippen molar-refractivity contribution in [3.63, 3.8) is 0 Å². The van der Waals surface area contributed by atoms with E-state index >= 15 is 0 Å². The Morgan fingerprint density at radius 2 is 1.88 bits per heavy atom. The van der Waals surface area contributed by atoms with Crippen LogP contribution in [-0.2, 0) is 11.3 Å². The van der Waals surface area contributed by atoms with E-state index in [9.17, 15) is 28.6 Å². The van der Waals surface area contributed by atoms with Gasteiger partial charge in [0.15, 0.2) is 11.6 Å². The van der Waals surface area contributed by atoms with Gasteiger partial charge in [0.1, 0.15) is 11.6 Å². The number of hydrogen-bond acceptors (Lipinski definition) is 5. The zero-order chi connectivity index (χ0) is 18.1. The van der Waals surface area contributed by atoms with Gasteiger partial charge in [0.25, 0.3) is 11.1 Å². The number of thioether (sulfide) groups is 1. The van der Waals surface area contributed by atoms with Crippen molar-refractivity contribution in [3.05, 3.63) is 64.1 Å². The molecule has 1 saturated heterocycles. The molecule has 128 valence electrons. The highest BCUT2D eigenvalue weighted by Gasteiger charge is 2.35. The number of phenols is 2. The van der Waals surface area contributed by atoms with Gasteiger partial charge >= 0.3 is 0 Å². The molecule has 1 aliphatic heterocycles. The van der Waals surface area contributed by atoms with Crippen LogP contribution < -0.4 is 0 Å². The van der Waals surface area contributed by atoms with Gasteiger partial charge in [-0.25, -0.2) is 8.78 Å². The first kappa shape index (κ1) is 17.0. The lowest BCUT2D eigenvalue weighted by Crippen LogP contribution is -2.27. The molecule has 0 aliphatic carbocycles. The van der Waals surface area contributed by atoms with Crippen molar-refractivity contribution in [2.45, 2.75) is 6.54 Å². The summed E-state index contributed by atoms with van der Waals surface area (Å²) in [5.74, 6) is -3.65. The van der Waals surface area contributed by atoms with Crippen LogP contribution in [0.2, 0.25) is 0 Å². The molecule has 0 saturated carbocycles. The van der Waals surface area contributed by atoms with Crippen LogP contribution in [0.5, 0.6) is 11.5 Å². The minimum Gasteiger partial charge on any atom is -0.508 e. The van der Waals surface area contributed by atoms with Crippen molar-refractivity contribution < 1.29 is 28.6 Å². The molecule has 0 unspecified atom stereocenters. The molecule has 2 amide bonds. The van der Waals surface area contributed by atoms with Gasteiger partial charge in [-0.05, 0) is 47.7 Å². The summed E-state index contributed by atoms with van der Waals surface area (Å²) in [7, 11) is 0. The number of imide groups is 1. The normalized spacial score (nSPS) is 16.1. The molecule has 2 aromatic carbocycles. The summed E-state index contributed by atoms with van der Waals surface area (Å²) in [5.41, 5.74) is -0.0684. The van der Waals surface area contributed by atoms with E-state index in [1.807, 2.05) is 0 Å². The fourth-order valence-electron chi connectivity index (χ4n) is 2.29. The summed E-state index contributed by atoms with van der Waals surface area (Å²) < 4.78 is 27.6. The number of benzene rings is 2. The number of nitrogens with zero attached hydrogens (tertiary/aromatic N) is 1. The zero-order valence-corrected chi connectivity index (χ0v) is 13.4. The first-order valence-electron chi connectivity index (χ1n) is 7.07. The summed E-state index contributed by atoms with van der Waals surface area (Å²) >= 11 is 0.544. The van der Waals surface area contributed by atoms with Crippen molar-refractivity contribution in [3.8, 4) is 11.5 Å². The summed E-state index contributed by atoms with van der Waals surface area (Å²) in [6.45, 7) is -0.0819. The smallest absolute Gasteiger partial charge is 0.293 e. The van der Waals surface area contributed by atoms with Crippen molar-refractivity contribution in [1.82, 2.24) is 4.90 Å². The molecule has 1 aliphatic rings. The summed E-state index contributed by atoms with van der Waals surface area (Å²) in [6, 6.07) is 7.77. The lowest BCUT2D eigenvalue weighted by atomic mass is 10.1. The quantitative estimate of drug-likeness (QED) is 0.815. The number of phenolic OH excluding ortho intramolecular Hbond substituents is 2. The molecule has 0 spiro atoms. The van der Waals surface area contributed by atoms with E-state index in [0.29, 0.717) is 17.3 Å². The Morgan fingerprint density at radius 1 is 1.12 bits per heavy atom. The number of aromatic hydroxyl groups is 2. The average Bonchev–Trinajstić information content (AvgIpc) is 2.83. The zero-order valence-electron chi connectivity index (χ0n) is 12.6. The van der Waals surface area contributed by atoms with E-state index in [2.05, 4.69) is 0 Å². The van der Waals surface area contributed by atoms with E-state index < -0.39 is 34.1 Å². The Bertz CT molecular complexity index is 914. The summed E-state index contributed by atoms with van der Waals surface area (Å²) in [4.78, 5) is 25.2. The molecule has 1 heterocycles. The molecule has 0 radical (unpaired) electrons. The first-order valence-corrected chi connectivity index (χ1v) is 7.88. The van der Waals surface area contributed by atoms with E-state index in [4.69, 9.17) is 0 Å². The molecule has 3 rings (SSSR count). The fourth-order valence-corrected chi connectivity index (χ4v) is 3.12. The molecule has 25 heavy (non-hydrogen) atoms. The van der Waals surface area contributed by atoms with Crippen LogP contribution in [0, 0.1) is 11.6 Å². The largest absolute Gasteiger partial charge is 0.508 e. The van der Waals surface area contributed by atoms with Crippen molar-refractivity contribution in [2.75, 3.05) is 0 Å². The molecule has 0 atom stereocenters.